The predicted octanol–water partition coefficient (Wildman–Crippen LogP) is 2.36. The highest BCUT2D eigenvalue weighted by atomic mass is 32.1. The molecule has 2 aromatic rings. The minimum Gasteiger partial charge on any atom is -0.465 e. The molecular weight excluding hydrogens is 336 g/mol. The number of carbonyl (C=O) groups is 1. The van der Waals surface area contributed by atoms with Crippen LogP contribution in [0.25, 0.3) is 0 Å². The van der Waals surface area contributed by atoms with Crippen molar-refractivity contribution in [3.05, 3.63) is 58.3 Å². The van der Waals surface area contributed by atoms with Gasteiger partial charge in [-0.15, -0.1) is 11.3 Å². The molecule has 1 aliphatic heterocycles. The van der Waals surface area contributed by atoms with E-state index in [1.165, 1.54) is 16.2 Å². The fraction of sp³-hybridized carbons (Fsp3) is 0.333. The van der Waals surface area contributed by atoms with E-state index in [0.717, 1.165) is 17.0 Å². The van der Waals surface area contributed by atoms with Gasteiger partial charge in [0, 0.05) is 13.1 Å². The zero-order valence-corrected chi connectivity index (χ0v) is 14.7. The summed E-state index contributed by atoms with van der Waals surface area (Å²) in [6, 6.07) is 13.1. The maximum Gasteiger partial charge on any atom is 0.407 e. The molecule has 132 valence electrons. The molecule has 0 saturated carbocycles. The van der Waals surface area contributed by atoms with Gasteiger partial charge in [-0.2, -0.15) is 0 Å². The maximum absolute atomic E-state index is 11.9. The Morgan fingerprint density at radius 2 is 2.12 bits per heavy atom. The van der Waals surface area contributed by atoms with Gasteiger partial charge in [0.25, 0.3) is 0 Å². The largest absolute Gasteiger partial charge is 0.465 e. The van der Waals surface area contributed by atoms with E-state index >= 15 is 0 Å². The number of amides is 1. The van der Waals surface area contributed by atoms with Crippen molar-refractivity contribution in [1.29, 1.82) is 0 Å². The monoisotopic (exact) mass is 358 g/mol. The first kappa shape index (κ1) is 17.4. The Labute approximate surface area is 151 Å². The average Bonchev–Trinajstić information content (AvgIpc) is 3.16. The number of carboxylic acid groups (broad SMARTS) is 1. The van der Waals surface area contributed by atoms with E-state index in [-0.39, 0.29) is 12.1 Å². The van der Waals surface area contributed by atoms with Crippen LogP contribution in [0.15, 0.2) is 52.8 Å². The van der Waals surface area contributed by atoms with Crippen molar-refractivity contribution in [1.82, 2.24) is 10.2 Å². The molecule has 2 unspecified atom stereocenters. The lowest BCUT2D eigenvalue weighted by Gasteiger charge is -2.37. The first-order valence-electron chi connectivity index (χ1n) is 8.26. The normalized spacial score (nSPS) is 21.0. The fourth-order valence-electron chi connectivity index (χ4n) is 3.10. The standard InChI is InChI=1S/C18H22N4O2S/c19-17(16-7-4-10-25-16)21-14-11-20-9-8-15(14)22(18(23)24)12-13-5-2-1-3-6-13/h1-7,10,14-15,20H,8-9,11-12H2,(H2,19,21)(H,23,24). The van der Waals surface area contributed by atoms with Crippen molar-refractivity contribution in [3.63, 3.8) is 0 Å². The highest BCUT2D eigenvalue weighted by Crippen LogP contribution is 2.20. The number of piperidine rings is 1. The maximum atomic E-state index is 11.9. The number of amidine groups is 1. The van der Waals surface area contributed by atoms with Gasteiger partial charge in [-0.1, -0.05) is 36.4 Å². The van der Waals surface area contributed by atoms with Gasteiger partial charge in [-0.25, -0.2) is 4.79 Å². The second kappa shape index (κ2) is 8.13. The van der Waals surface area contributed by atoms with Gasteiger partial charge in [0.15, 0.2) is 0 Å². The molecule has 0 spiro atoms. The zero-order chi connectivity index (χ0) is 17.6. The van der Waals surface area contributed by atoms with E-state index < -0.39 is 6.09 Å². The van der Waals surface area contributed by atoms with Gasteiger partial charge in [0.1, 0.15) is 5.84 Å². The first-order chi connectivity index (χ1) is 12.1. The summed E-state index contributed by atoms with van der Waals surface area (Å²) in [5.74, 6) is 0.471. The fourth-order valence-corrected chi connectivity index (χ4v) is 3.73. The van der Waals surface area contributed by atoms with Crippen LogP contribution in [0.2, 0.25) is 0 Å². The Hall–Kier alpha value is -2.38. The Kier molecular flexibility index (Phi) is 5.67. The molecule has 6 nitrogen and oxygen atoms in total. The van der Waals surface area contributed by atoms with Crippen LogP contribution in [0.3, 0.4) is 0 Å². The molecule has 0 aliphatic carbocycles. The van der Waals surface area contributed by atoms with Crippen LogP contribution in [0, 0.1) is 0 Å². The number of nitrogens with one attached hydrogen (secondary N) is 1. The number of hydrogen-bond acceptors (Lipinski definition) is 4. The number of thiophene rings is 1. The SMILES string of the molecule is NC(=NC1CNCCC1N(Cc1ccccc1)C(=O)O)c1cccs1. The number of hydrogen-bond donors (Lipinski definition) is 3. The Morgan fingerprint density at radius 3 is 2.80 bits per heavy atom. The van der Waals surface area contributed by atoms with E-state index in [1.807, 2.05) is 47.8 Å². The lowest BCUT2D eigenvalue weighted by atomic mass is 9.99. The van der Waals surface area contributed by atoms with Crippen molar-refractivity contribution in [2.75, 3.05) is 13.1 Å². The molecule has 1 saturated heterocycles. The molecule has 0 radical (unpaired) electrons. The topological polar surface area (TPSA) is 91.0 Å². The van der Waals surface area contributed by atoms with Crippen molar-refractivity contribution in [2.45, 2.75) is 25.0 Å². The summed E-state index contributed by atoms with van der Waals surface area (Å²) in [6.07, 6.45) is -0.212. The lowest BCUT2D eigenvalue weighted by Crippen LogP contribution is -2.53. The van der Waals surface area contributed by atoms with Crippen LogP contribution in [0.4, 0.5) is 4.79 Å². The molecule has 3 rings (SSSR count). The van der Waals surface area contributed by atoms with Gasteiger partial charge in [-0.3, -0.25) is 9.89 Å². The lowest BCUT2D eigenvalue weighted by molar-refractivity contribution is 0.102. The zero-order valence-electron chi connectivity index (χ0n) is 13.8. The van der Waals surface area contributed by atoms with Crippen molar-refractivity contribution < 1.29 is 9.90 Å². The molecule has 2 heterocycles. The van der Waals surface area contributed by atoms with Crippen LogP contribution in [-0.4, -0.2) is 47.1 Å². The molecule has 1 amide bonds. The molecule has 1 aromatic heterocycles. The molecule has 1 aromatic carbocycles. The summed E-state index contributed by atoms with van der Waals surface area (Å²) < 4.78 is 0. The average molecular weight is 358 g/mol. The van der Waals surface area contributed by atoms with Crippen LogP contribution < -0.4 is 11.1 Å². The summed E-state index contributed by atoms with van der Waals surface area (Å²) in [5, 5.41) is 15.0. The second-order valence-corrected chi connectivity index (χ2v) is 6.96. The number of rotatable bonds is 5. The Bertz CT molecular complexity index is 718. The molecule has 1 aliphatic rings. The molecule has 0 bridgehead atoms. The summed E-state index contributed by atoms with van der Waals surface area (Å²) >= 11 is 1.53. The molecule has 1 fully saturated rings. The summed E-state index contributed by atoms with van der Waals surface area (Å²) in [6.45, 7) is 1.75. The van der Waals surface area contributed by atoms with Crippen molar-refractivity contribution in [3.8, 4) is 0 Å². The van der Waals surface area contributed by atoms with Crippen molar-refractivity contribution >= 4 is 23.3 Å². The molecule has 4 N–H and O–H groups in total. The second-order valence-electron chi connectivity index (χ2n) is 6.02. The Morgan fingerprint density at radius 1 is 1.32 bits per heavy atom. The smallest absolute Gasteiger partial charge is 0.407 e. The minimum atomic E-state index is -0.925. The molecule has 25 heavy (non-hydrogen) atoms. The van der Waals surface area contributed by atoms with E-state index in [1.54, 1.807) is 0 Å². The third-order valence-corrected chi connectivity index (χ3v) is 5.23. The van der Waals surface area contributed by atoms with E-state index in [2.05, 4.69) is 10.3 Å². The molecular formula is C18H22N4O2S. The van der Waals surface area contributed by atoms with E-state index in [4.69, 9.17) is 5.73 Å². The highest BCUT2D eigenvalue weighted by molar-refractivity contribution is 7.12. The van der Waals surface area contributed by atoms with Gasteiger partial charge >= 0.3 is 6.09 Å². The summed E-state index contributed by atoms with van der Waals surface area (Å²) in [5.41, 5.74) is 7.10. The number of nitrogens with zero attached hydrogens (tertiary/aromatic N) is 2. The Balaban J connectivity index is 1.82. The molecule has 7 heteroatoms. The molecule has 2 atom stereocenters. The van der Waals surface area contributed by atoms with E-state index in [0.29, 0.717) is 25.3 Å². The number of aliphatic imine (C=N–C) groups is 1. The highest BCUT2D eigenvalue weighted by Gasteiger charge is 2.33. The minimum absolute atomic E-state index is 0.197. The number of nitrogens with two attached hydrogens (primary N) is 1. The summed E-state index contributed by atoms with van der Waals surface area (Å²) in [4.78, 5) is 18.9. The van der Waals surface area contributed by atoms with Crippen LogP contribution >= 0.6 is 11.3 Å². The van der Waals surface area contributed by atoms with Gasteiger partial charge in [0.2, 0.25) is 0 Å². The van der Waals surface area contributed by atoms with Gasteiger partial charge in [-0.05, 0) is 30.0 Å². The quantitative estimate of drug-likeness (QED) is 0.565. The third-order valence-electron chi connectivity index (χ3n) is 4.33. The van der Waals surface area contributed by atoms with Gasteiger partial charge in [0.05, 0.1) is 17.0 Å². The third kappa shape index (κ3) is 4.37. The van der Waals surface area contributed by atoms with Gasteiger partial charge < -0.3 is 16.2 Å². The van der Waals surface area contributed by atoms with E-state index in [9.17, 15) is 9.90 Å². The first-order valence-corrected chi connectivity index (χ1v) is 9.14. The number of benzene rings is 1. The summed E-state index contributed by atoms with van der Waals surface area (Å²) in [7, 11) is 0. The van der Waals surface area contributed by atoms with Crippen molar-refractivity contribution in [2.24, 2.45) is 10.7 Å². The van der Waals surface area contributed by atoms with Crippen LogP contribution in [-0.2, 0) is 6.54 Å². The van der Waals surface area contributed by atoms with Crippen LogP contribution in [0.1, 0.15) is 16.9 Å². The predicted molar refractivity (Wildman–Crippen MR) is 100 cm³/mol. The van der Waals surface area contributed by atoms with Crippen LogP contribution in [0.5, 0.6) is 0 Å².